The zero-order chi connectivity index (χ0) is 13.4. The van der Waals surface area contributed by atoms with Crippen LogP contribution in [0.25, 0.3) is 0 Å². The first kappa shape index (κ1) is 12.5. The van der Waals surface area contributed by atoms with Crippen LogP contribution in [0.4, 0.5) is 0 Å². The van der Waals surface area contributed by atoms with Crippen LogP contribution in [0.3, 0.4) is 0 Å². The molecule has 5 heteroatoms. The third kappa shape index (κ3) is 2.23. The smallest absolute Gasteiger partial charge is 0.254 e. The van der Waals surface area contributed by atoms with Crippen LogP contribution in [0, 0.1) is 0 Å². The standard InChI is InChI=1S/C14H16N2O2S/c17-12-6-5-11(13(19)15-12)16-8-7-9-3-1-2-4-10(9)14(16)18/h1-4,11,13,19H,5-8H2,(H,15,17). The maximum absolute atomic E-state index is 12.5. The Kier molecular flexibility index (Phi) is 3.22. The number of carbonyl (C=O) groups excluding carboxylic acids is 2. The number of hydrogen-bond acceptors (Lipinski definition) is 3. The lowest BCUT2D eigenvalue weighted by molar-refractivity contribution is -0.123. The van der Waals surface area contributed by atoms with Crippen molar-refractivity contribution >= 4 is 24.4 Å². The summed E-state index contributed by atoms with van der Waals surface area (Å²) in [5.74, 6) is 0.0724. The summed E-state index contributed by atoms with van der Waals surface area (Å²) in [7, 11) is 0. The van der Waals surface area contributed by atoms with Gasteiger partial charge in [-0.2, -0.15) is 12.6 Å². The molecule has 2 atom stereocenters. The summed E-state index contributed by atoms with van der Waals surface area (Å²) in [6, 6.07) is 7.72. The molecule has 0 spiro atoms. The second-order valence-corrected chi connectivity index (χ2v) is 5.58. The van der Waals surface area contributed by atoms with Crippen molar-refractivity contribution < 1.29 is 9.59 Å². The fourth-order valence-corrected chi connectivity index (χ4v) is 3.31. The molecule has 1 aromatic rings. The highest BCUT2D eigenvalue weighted by Gasteiger charge is 2.36. The van der Waals surface area contributed by atoms with Gasteiger partial charge in [0.2, 0.25) is 5.91 Å². The maximum atomic E-state index is 12.5. The highest BCUT2D eigenvalue weighted by Crippen LogP contribution is 2.26. The highest BCUT2D eigenvalue weighted by atomic mass is 32.1. The fraction of sp³-hybridized carbons (Fsp3) is 0.429. The second-order valence-electron chi connectivity index (χ2n) is 5.02. The van der Waals surface area contributed by atoms with Crippen molar-refractivity contribution in [3.63, 3.8) is 0 Å². The van der Waals surface area contributed by atoms with Crippen molar-refractivity contribution in [2.24, 2.45) is 0 Å². The minimum absolute atomic E-state index is 0.0121. The van der Waals surface area contributed by atoms with Crippen LogP contribution in [0.2, 0.25) is 0 Å². The summed E-state index contributed by atoms with van der Waals surface area (Å²) >= 11 is 4.41. The number of rotatable bonds is 1. The second kappa shape index (κ2) is 4.89. The van der Waals surface area contributed by atoms with Crippen LogP contribution >= 0.6 is 12.6 Å². The molecule has 1 aromatic carbocycles. The molecule has 3 rings (SSSR count). The minimum atomic E-state index is -0.268. The summed E-state index contributed by atoms with van der Waals surface area (Å²) in [5.41, 5.74) is 1.89. The van der Waals surface area contributed by atoms with Crippen molar-refractivity contribution in [2.45, 2.75) is 30.7 Å². The summed E-state index contributed by atoms with van der Waals surface area (Å²) in [5, 5.41) is 2.53. The molecule has 2 aliphatic rings. The fourth-order valence-electron chi connectivity index (χ4n) is 2.86. The number of fused-ring (bicyclic) bond motifs is 1. The van der Waals surface area contributed by atoms with Gasteiger partial charge < -0.3 is 10.2 Å². The van der Waals surface area contributed by atoms with Gasteiger partial charge in [-0.1, -0.05) is 18.2 Å². The van der Waals surface area contributed by atoms with Gasteiger partial charge in [0, 0.05) is 18.5 Å². The molecule has 0 bridgehead atoms. The Morgan fingerprint density at radius 3 is 2.79 bits per heavy atom. The lowest BCUT2D eigenvalue weighted by atomic mass is 9.95. The number of amides is 2. The molecule has 0 radical (unpaired) electrons. The van der Waals surface area contributed by atoms with Gasteiger partial charge in [0.15, 0.2) is 0 Å². The number of carbonyl (C=O) groups is 2. The Morgan fingerprint density at radius 2 is 2.00 bits per heavy atom. The minimum Gasteiger partial charge on any atom is -0.342 e. The van der Waals surface area contributed by atoms with Crippen LogP contribution in [-0.4, -0.2) is 34.7 Å². The molecule has 1 fully saturated rings. The summed E-state index contributed by atoms with van der Waals surface area (Å²) < 4.78 is 0. The van der Waals surface area contributed by atoms with E-state index >= 15 is 0 Å². The van der Waals surface area contributed by atoms with Gasteiger partial charge in [0.1, 0.15) is 0 Å². The van der Waals surface area contributed by atoms with Crippen LogP contribution in [0.1, 0.15) is 28.8 Å². The molecule has 19 heavy (non-hydrogen) atoms. The first-order chi connectivity index (χ1) is 9.16. The van der Waals surface area contributed by atoms with E-state index in [2.05, 4.69) is 17.9 Å². The molecule has 0 saturated carbocycles. The maximum Gasteiger partial charge on any atom is 0.254 e. The van der Waals surface area contributed by atoms with E-state index in [0.717, 1.165) is 17.5 Å². The van der Waals surface area contributed by atoms with Crippen molar-refractivity contribution in [3.8, 4) is 0 Å². The Bertz CT molecular complexity index is 532. The molecule has 100 valence electrons. The quantitative estimate of drug-likeness (QED) is 0.758. The Hall–Kier alpha value is -1.49. The number of nitrogens with one attached hydrogen (secondary N) is 1. The van der Waals surface area contributed by atoms with Crippen molar-refractivity contribution in [1.82, 2.24) is 10.2 Å². The topological polar surface area (TPSA) is 49.4 Å². The van der Waals surface area contributed by atoms with Crippen molar-refractivity contribution in [3.05, 3.63) is 35.4 Å². The highest BCUT2D eigenvalue weighted by molar-refractivity contribution is 7.81. The van der Waals surface area contributed by atoms with E-state index in [4.69, 9.17) is 0 Å². The van der Waals surface area contributed by atoms with Gasteiger partial charge in [-0.3, -0.25) is 9.59 Å². The molecule has 4 nitrogen and oxygen atoms in total. The number of piperidine rings is 1. The summed E-state index contributed by atoms with van der Waals surface area (Å²) in [4.78, 5) is 25.7. The predicted molar refractivity (Wildman–Crippen MR) is 75.1 cm³/mol. The molecule has 2 amide bonds. The molecule has 1 N–H and O–H groups in total. The van der Waals surface area contributed by atoms with E-state index in [9.17, 15) is 9.59 Å². The molecule has 2 aliphatic heterocycles. The Labute approximate surface area is 117 Å². The normalized spacial score (nSPS) is 26.9. The summed E-state index contributed by atoms with van der Waals surface area (Å²) in [6.07, 6.45) is 2.02. The van der Waals surface area contributed by atoms with Crippen LogP contribution in [0.5, 0.6) is 0 Å². The van der Waals surface area contributed by atoms with Gasteiger partial charge in [-0.15, -0.1) is 0 Å². The average molecular weight is 276 g/mol. The van der Waals surface area contributed by atoms with E-state index < -0.39 is 0 Å². The SMILES string of the molecule is O=C1CCC(N2CCc3ccccc3C2=O)C(S)N1. The molecule has 0 aliphatic carbocycles. The molecule has 0 aromatic heterocycles. The molecular weight excluding hydrogens is 260 g/mol. The number of benzene rings is 1. The first-order valence-electron chi connectivity index (χ1n) is 6.53. The third-order valence-corrected chi connectivity index (χ3v) is 4.34. The predicted octanol–water partition coefficient (Wildman–Crippen LogP) is 1.22. The van der Waals surface area contributed by atoms with E-state index in [1.807, 2.05) is 29.2 Å². The van der Waals surface area contributed by atoms with E-state index in [0.29, 0.717) is 19.4 Å². The van der Waals surface area contributed by atoms with Gasteiger partial charge in [-0.05, 0) is 24.5 Å². The van der Waals surface area contributed by atoms with Gasteiger partial charge in [0.25, 0.3) is 5.91 Å². The van der Waals surface area contributed by atoms with E-state index in [1.165, 1.54) is 0 Å². The first-order valence-corrected chi connectivity index (χ1v) is 7.05. The number of thiol groups is 1. The van der Waals surface area contributed by atoms with Crippen LogP contribution < -0.4 is 5.32 Å². The zero-order valence-electron chi connectivity index (χ0n) is 10.5. The largest absolute Gasteiger partial charge is 0.342 e. The summed E-state index contributed by atoms with van der Waals surface area (Å²) in [6.45, 7) is 0.702. The number of hydrogen-bond donors (Lipinski definition) is 2. The average Bonchev–Trinajstić information content (AvgIpc) is 2.41. The van der Waals surface area contributed by atoms with Gasteiger partial charge in [0.05, 0.1) is 11.4 Å². The molecular formula is C14H16N2O2S. The van der Waals surface area contributed by atoms with Crippen molar-refractivity contribution in [2.75, 3.05) is 6.54 Å². The third-order valence-electron chi connectivity index (χ3n) is 3.87. The molecule has 1 saturated heterocycles. The molecule has 2 unspecified atom stereocenters. The number of nitrogens with zero attached hydrogens (tertiary/aromatic N) is 1. The lowest BCUT2D eigenvalue weighted by Crippen LogP contribution is -2.56. The van der Waals surface area contributed by atoms with Crippen molar-refractivity contribution in [1.29, 1.82) is 0 Å². The molecule has 2 heterocycles. The van der Waals surface area contributed by atoms with Gasteiger partial charge in [-0.25, -0.2) is 0 Å². The van der Waals surface area contributed by atoms with Crippen LogP contribution in [0.15, 0.2) is 24.3 Å². The van der Waals surface area contributed by atoms with Crippen LogP contribution in [-0.2, 0) is 11.2 Å². The van der Waals surface area contributed by atoms with Gasteiger partial charge >= 0.3 is 0 Å². The monoisotopic (exact) mass is 276 g/mol. The Balaban J connectivity index is 1.84. The zero-order valence-corrected chi connectivity index (χ0v) is 11.4. The van der Waals surface area contributed by atoms with E-state index in [-0.39, 0.29) is 23.2 Å². The van der Waals surface area contributed by atoms with E-state index in [1.54, 1.807) is 0 Å². The Morgan fingerprint density at radius 1 is 1.21 bits per heavy atom. The lowest BCUT2D eigenvalue weighted by Gasteiger charge is -2.40.